The zero-order valence-electron chi connectivity index (χ0n) is 25.9. The number of anilines is 2. The monoisotopic (exact) mass is 574 g/mol. The van der Waals surface area contributed by atoms with Crippen LogP contribution in [0.2, 0.25) is 0 Å². The Morgan fingerprint density at radius 1 is 1.07 bits per heavy atom. The number of allylic oxidation sites excluding steroid dienone is 3. The van der Waals surface area contributed by atoms with Crippen LogP contribution < -0.4 is 16.0 Å². The molecule has 4 N–H and O–H groups in total. The van der Waals surface area contributed by atoms with Crippen LogP contribution in [0.5, 0.6) is 0 Å². The number of nitrogens with one attached hydrogen (secondary N) is 2. The van der Waals surface area contributed by atoms with E-state index in [0.717, 1.165) is 76.7 Å². The van der Waals surface area contributed by atoms with Gasteiger partial charge in [0.2, 0.25) is 0 Å². The van der Waals surface area contributed by atoms with Gasteiger partial charge in [-0.15, -0.1) is 12.8 Å². The van der Waals surface area contributed by atoms with Crippen LogP contribution >= 0.6 is 0 Å². The molecule has 2 aromatic carbocycles. The number of H-pyrrole nitrogens is 1. The second kappa shape index (κ2) is 17.4. The molecule has 1 aliphatic rings. The van der Waals surface area contributed by atoms with Crippen molar-refractivity contribution in [2.45, 2.75) is 53.0 Å². The number of nitrogen functional groups attached to an aromatic ring is 1. The molecule has 224 valence electrons. The smallest absolute Gasteiger partial charge is 0.115 e. The van der Waals surface area contributed by atoms with Gasteiger partial charge in [0.05, 0.1) is 23.6 Å². The lowest BCUT2D eigenvalue weighted by atomic mass is 9.98. The van der Waals surface area contributed by atoms with E-state index in [9.17, 15) is 0 Å². The number of hydrogen-bond acceptors (Lipinski definition) is 5. The Bertz CT molecular complexity index is 1520. The van der Waals surface area contributed by atoms with Gasteiger partial charge >= 0.3 is 0 Å². The molecular weight excluding hydrogens is 528 g/mol. The summed E-state index contributed by atoms with van der Waals surface area (Å²) in [6, 6.07) is 16.7. The number of hydrogen-bond donors (Lipinski definition) is 3. The number of piperidine rings is 1. The maximum Gasteiger partial charge on any atom is 0.115 e. The second-order valence-corrected chi connectivity index (χ2v) is 10.1. The summed E-state index contributed by atoms with van der Waals surface area (Å²) in [7, 11) is 0. The van der Waals surface area contributed by atoms with E-state index in [4.69, 9.17) is 10.7 Å². The Morgan fingerprint density at radius 3 is 2.51 bits per heavy atom. The van der Waals surface area contributed by atoms with E-state index in [-0.39, 0.29) is 0 Å². The Morgan fingerprint density at radius 2 is 1.81 bits per heavy atom. The first-order chi connectivity index (χ1) is 21.1. The highest BCUT2D eigenvalue weighted by Crippen LogP contribution is 2.29. The van der Waals surface area contributed by atoms with Gasteiger partial charge in [0.25, 0.3) is 0 Å². The number of rotatable bonds is 10. The molecule has 0 aliphatic carbocycles. The number of fused-ring (bicyclic) bond motifs is 1. The molecule has 6 nitrogen and oxygen atoms in total. The average Bonchev–Trinajstić information content (AvgIpc) is 3.49. The molecule has 1 fully saturated rings. The van der Waals surface area contributed by atoms with E-state index in [1.54, 1.807) is 0 Å². The molecule has 1 aliphatic heterocycles. The van der Waals surface area contributed by atoms with E-state index < -0.39 is 0 Å². The lowest BCUT2D eigenvalue weighted by molar-refractivity contribution is 0.578. The quantitative estimate of drug-likeness (QED) is 0.103. The summed E-state index contributed by atoms with van der Waals surface area (Å²) in [4.78, 5) is 15.4. The van der Waals surface area contributed by atoms with Crippen LogP contribution in [0.3, 0.4) is 0 Å². The standard InChI is InChI=1S/C33H38N6.C2H6.C2H2/c1-3-24(20-35-21-25-11-7-5-8-12-25)17-26(4-2)27-13-14-29(34)28(18-27)19-32-37-30-22-36-23-31(33(30)38-32)39-15-9-6-10-16-39;2*1-2/h3-5,7-8,11-14,17-18,22-23,35H,1,6,9-10,15-16,19-21,34H2,2H3,(H,37,38);1-2H3;1-2H/b24-17+,26-4+;;. The van der Waals surface area contributed by atoms with Crippen molar-refractivity contribution in [3.63, 3.8) is 0 Å². The predicted octanol–water partition coefficient (Wildman–Crippen LogP) is 7.70. The average molecular weight is 575 g/mol. The first-order valence-electron chi connectivity index (χ1n) is 15.2. The molecule has 0 bridgehead atoms. The number of benzene rings is 2. The summed E-state index contributed by atoms with van der Waals surface area (Å²) in [5, 5.41) is 3.52. The molecule has 0 radical (unpaired) electrons. The Kier molecular flexibility index (Phi) is 13.3. The summed E-state index contributed by atoms with van der Waals surface area (Å²) in [5.74, 6) is 0.898. The van der Waals surface area contributed by atoms with Crippen molar-refractivity contribution in [3.05, 3.63) is 114 Å². The third kappa shape index (κ3) is 8.94. The van der Waals surface area contributed by atoms with Gasteiger partial charge in [-0.2, -0.15) is 0 Å². The minimum absolute atomic E-state index is 0.626. The minimum atomic E-state index is 0.626. The minimum Gasteiger partial charge on any atom is -0.398 e. The number of nitrogens with zero attached hydrogens (tertiary/aromatic N) is 3. The number of imidazole rings is 1. The van der Waals surface area contributed by atoms with Gasteiger partial charge in [0.1, 0.15) is 11.3 Å². The number of terminal acetylenes is 1. The highest BCUT2D eigenvalue weighted by molar-refractivity contribution is 5.88. The first-order valence-corrected chi connectivity index (χ1v) is 15.2. The van der Waals surface area contributed by atoms with Gasteiger partial charge < -0.3 is 20.9 Å². The highest BCUT2D eigenvalue weighted by atomic mass is 15.2. The second-order valence-electron chi connectivity index (χ2n) is 10.1. The third-order valence-electron chi connectivity index (χ3n) is 7.37. The number of aromatic nitrogens is 3. The molecule has 4 aromatic rings. The fourth-order valence-electron chi connectivity index (χ4n) is 5.20. The van der Waals surface area contributed by atoms with Gasteiger partial charge in [-0.25, -0.2) is 4.98 Å². The Balaban J connectivity index is 0.00000121. The topological polar surface area (TPSA) is 82.9 Å². The van der Waals surface area contributed by atoms with E-state index in [1.165, 1.54) is 24.8 Å². The predicted molar refractivity (Wildman–Crippen MR) is 185 cm³/mol. The maximum atomic E-state index is 6.45. The van der Waals surface area contributed by atoms with Crippen LogP contribution in [0.25, 0.3) is 16.6 Å². The molecule has 2 aromatic heterocycles. The van der Waals surface area contributed by atoms with Gasteiger partial charge in [-0.05, 0) is 66.2 Å². The molecule has 6 heteroatoms. The van der Waals surface area contributed by atoms with Crippen LogP contribution in [0, 0.1) is 12.8 Å². The maximum absolute atomic E-state index is 6.45. The molecule has 0 amide bonds. The number of aromatic amines is 1. The van der Waals surface area contributed by atoms with E-state index in [1.807, 2.05) is 44.4 Å². The van der Waals surface area contributed by atoms with Crippen LogP contribution in [0.4, 0.5) is 11.4 Å². The van der Waals surface area contributed by atoms with Gasteiger partial charge in [-0.3, -0.25) is 4.98 Å². The SMILES string of the molecule is C#C.C=C/C(=C\C(=C/C)c1ccc(N)c(Cc2nc3c(N4CCCCC4)cncc3[nH]2)c1)CNCc1ccccc1.CC. The van der Waals surface area contributed by atoms with Crippen molar-refractivity contribution in [2.24, 2.45) is 0 Å². The van der Waals surface area contributed by atoms with Crippen molar-refractivity contribution in [1.29, 1.82) is 0 Å². The zero-order valence-corrected chi connectivity index (χ0v) is 25.9. The van der Waals surface area contributed by atoms with E-state index in [0.29, 0.717) is 6.42 Å². The molecule has 5 rings (SSSR count). The van der Waals surface area contributed by atoms with Crippen molar-refractivity contribution in [1.82, 2.24) is 20.3 Å². The summed E-state index contributed by atoms with van der Waals surface area (Å²) < 4.78 is 0. The zero-order chi connectivity index (χ0) is 31.0. The highest BCUT2D eigenvalue weighted by Gasteiger charge is 2.17. The fraction of sp³-hybridized carbons (Fsp3) is 0.297. The summed E-state index contributed by atoms with van der Waals surface area (Å²) in [5.41, 5.74) is 16.0. The molecule has 0 saturated carbocycles. The molecular formula is C37H46N6. The van der Waals surface area contributed by atoms with Crippen molar-refractivity contribution >= 4 is 28.0 Å². The van der Waals surface area contributed by atoms with Crippen LogP contribution in [0.15, 0.2) is 91.3 Å². The van der Waals surface area contributed by atoms with Gasteiger partial charge in [-0.1, -0.05) is 75.1 Å². The molecule has 43 heavy (non-hydrogen) atoms. The van der Waals surface area contributed by atoms with Crippen molar-refractivity contribution in [2.75, 3.05) is 30.3 Å². The largest absolute Gasteiger partial charge is 0.398 e. The Labute approximate surface area is 257 Å². The molecule has 1 saturated heterocycles. The van der Waals surface area contributed by atoms with Crippen LogP contribution in [0.1, 0.15) is 62.5 Å². The third-order valence-corrected chi connectivity index (χ3v) is 7.37. The summed E-state index contributed by atoms with van der Waals surface area (Å²) in [6.07, 6.45) is 22.4. The van der Waals surface area contributed by atoms with Gasteiger partial charge in [0, 0.05) is 38.3 Å². The lowest BCUT2D eigenvalue weighted by Gasteiger charge is -2.28. The summed E-state index contributed by atoms with van der Waals surface area (Å²) >= 11 is 0. The fourth-order valence-corrected chi connectivity index (χ4v) is 5.20. The van der Waals surface area contributed by atoms with E-state index in [2.05, 4.69) is 95.1 Å². The molecule has 0 unspecified atom stereocenters. The molecule has 0 spiro atoms. The van der Waals surface area contributed by atoms with Crippen molar-refractivity contribution < 1.29 is 0 Å². The van der Waals surface area contributed by atoms with Crippen LogP contribution in [-0.4, -0.2) is 34.6 Å². The van der Waals surface area contributed by atoms with Crippen LogP contribution in [-0.2, 0) is 13.0 Å². The number of nitrogens with two attached hydrogens (primary N) is 1. The lowest BCUT2D eigenvalue weighted by Crippen LogP contribution is -2.29. The molecule has 0 atom stereocenters. The van der Waals surface area contributed by atoms with Crippen molar-refractivity contribution in [3.8, 4) is 12.8 Å². The normalized spacial score (nSPS) is 13.5. The summed E-state index contributed by atoms with van der Waals surface area (Å²) in [6.45, 7) is 13.8. The van der Waals surface area contributed by atoms with Gasteiger partial charge in [0.15, 0.2) is 0 Å². The first kappa shape index (κ1) is 32.9. The Hall–Kier alpha value is -4.60. The van der Waals surface area contributed by atoms with E-state index >= 15 is 0 Å². The number of pyridine rings is 1. The molecule has 3 heterocycles.